The number of quaternary nitrogens is 1. The minimum atomic E-state index is -1.30. The molecule has 0 radical (unpaired) electrons. The number of carbonyl (C=O) groups excluding carboxylic acids is 1. The van der Waals surface area contributed by atoms with Crippen molar-refractivity contribution in [2.75, 3.05) is 25.0 Å². The number of ether oxygens (including phenoxy) is 1. The Morgan fingerprint density at radius 1 is 1.00 bits per heavy atom. The number of nitrogens with zero attached hydrogens (tertiary/aromatic N) is 3. The smallest absolute Gasteiger partial charge is 0.449 e. The Bertz CT molecular complexity index is 1060. The van der Waals surface area contributed by atoms with Gasteiger partial charge in [0.2, 0.25) is 0 Å². The molecule has 1 amide bonds. The van der Waals surface area contributed by atoms with Crippen LogP contribution in [0, 0.1) is 5.92 Å². The van der Waals surface area contributed by atoms with E-state index in [4.69, 9.17) is 9.84 Å². The maximum atomic E-state index is 14.3. The number of anilines is 1. The lowest BCUT2D eigenvalue weighted by atomic mass is 9.85. The van der Waals surface area contributed by atoms with Gasteiger partial charge in [-0.15, -0.1) is 0 Å². The van der Waals surface area contributed by atoms with E-state index in [-0.39, 0.29) is 18.0 Å². The van der Waals surface area contributed by atoms with E-state index >= 15 is 0 Å². The van der Waals surface area contributed by atoms with Crippen LogP contribution < -0.4 is 9.64 Å². The molecular weight excluding hydrogens is 442 g/mol. The normalized spacial score (nSPS) is 22.9. The monoisotopic (exact) mass is 478 g/mol. The fourth-order valence-electron chi connectivity index (χ4n) is 6.84. The van der Waals surface area contributed by atoms with Gasteiger partial charge >= 0.3 is 12.1 Å². The lowest BCUT2D eigenvalue weighted by molar-refractivity contribution is -0.893. The summed E-state index contributed by atoms with van der Waals surface area (Å²) in [6.45, 7) is 1.87. The summed E-state index contributed by atoms with van der Waals surface area (Å²) >= 11 is 0. The molecule has 1 aliphatic heterocycles. The third-order valence-corrected chi connectivity index (χ3v) is 8.69. The summed E-state index contributed by atoms with van der Waals surface area (Å²) in [5.74, 6) is 0.914. The molecule has 7 heteroatoms. The van der Waals surface area contributed by atoms with Gasteiger partial charge in [-0.1, -0.05) is 19.3 Å². The van der Waals surface area contributed by atoms with Gasteiger partial charge in [-0.3, -0.25) is 9.47 Å². The van der Waals surface area contributed by atoms with Gasteiger partial charge in [0.1, 0.15) is 11.8 Å². The maximum Gasteiger partial charge on any atom is 0.511 e. The fourth-order valence-corrected chi connectivity index (χ4v) is 6.84. The summed E-state index contributed by atoms with van der Waals surface area (Å²) in [6, 6.07) is 10.1. The van der Waals surface area contributed by atoms with E-state index in [2.05, 4.69) is 29.1 Å². The molecule has 1 saturated heterocycles. The number of benzene rings is 1. The minimum Gasteiger partial charge on any atom is -0.449 e. The van der Waals surface area contributed by atoms with Crippen molar-refractivity contribution in [3.63, 3.8) is 0 Å². The van der Waals surface area contributed by atoms with Crippen molar-refractivity contribution in [1.82, 2.24) is 4.98 Å². The van der Waals surface area contributed by atoms with Crippen LogP contribution in [0.15, 0.2) is 42.7 Å². The summed E-state index contributed by atoms with van der Waals surface area (Å²) in [4.78, 5) is 31.9. The minimum absolute atomic E-state index is 0.107. The number of pyridine rings is 1. The number of amides is 1. The molecule has 2 fully saturated rings. The van der Waals surface area contributed by atoms with Gasteiger partial charge in [-0.25, -0.2) is 9.59 Å². The van der Waals surface area contributed by atoms with Crippen LogP contribution in [-0.2, 0) is 11.2 Å². The van der Waals surface area contributed by atoms with Crippen LogP contribution in [-0.4, -0.2) is 52.8 Å². The zero-order valence-electron chi connectivity index (χ0n) is 20.6. The van der Waals surface area contributed by atoms with Crippen molar-refractivity contribution in [2.24, 2.45) is 5.92 Å². The predicted molar refractivity (Wildman–Crippen MR) is 133 cm³/mol. The lowest BCUT2D eigenvalue weighted by Gasteiger charge is -2.48. The molecule has 2 aromatic rings. The van der Waals surface area contributed by atoms with Crippen LogP contribution in [0.25, 0.3) is 0 Å². The first kappa shape index (κ1) is 23.8. The molecule has 1 aromatic carbocycles. The van der Waals surface area contributed by atoms with Crippen LogP contribution in [0.3, 0.4) is 0 Å². The van der Waals surface area contributed by atoms with E-state index in [1.807, 2.05) is 24.5 Å². The number of hydrogen-bond donors (Lipinski definition) is 1. The fraction of sp³-hybridized carbons (Fsp3) is 0.536. The molecule has 2 atom stereocenters. The third-order valence-electron chi connectivity index (χ3n) is 8.69. The highest BCUT2D eigenvalue weighted by Crippen LogP contribution is 2.46. The van der Waals surface area contributed by atoms with Gasteiger partial charge in [0.25, 0.3) is 0 Å². The molecule has 0 spiro atoms. The molecule has 2 aliphatic carbocycles. The van der Waals surface area contributed by atoms with Crippen LogP contribution >= 0.6 is 0 Å². The molecule has 1 aromatic heterocycles. The number of fused-ring (bicyclic) bond motifs is 1. The highest BCUT2D eigenvalue weighted by atomic mass is 16.7. The van der Waals surface area contributed by atoms with Gasteiger partial charge in [0.05, 0.1) is 19.0 Å². The molecule has 1 saturated carbocycles. The van der Waals surface area contributed by atoms with E-state index in [0.29, 0.717) is 16.1 Å². The Morgan fingerprint density at radius 2 is 1.71 bits per heavy atom. The van der Waals surface area contributed by atoms with Gasteiger partial charge in [0, 0.05) is 56.0 Å². The Balaban J connectivity index is 1.43. The van der Waals surface area contributed by atoms with Crippen molar-refractivity contribution in [3.8, 4) is 5.75 Å². The average Bonchev–Trinajstić information content (AvgIpc) is 3.32. The Morgan fingerprint density at radius 3 is 2.40 bits per heavy atom. The molecule has 7 nitrogen and oxygen atoms in total. The molecule has 0 bridgehead atoms. The highest BCUT2D eigenvalue weighted by molar-refractivity contribution is 5.73. The number of carboxylic acid groups (broad SMARTS) is 1. The van der Waals surface area contributed by atoms with Gasteiger partial charge in [0.15, 0.2) is 0 Å². The largest absolute Gasteiger partial charge is 0.511 e. The van der Waals surface area contributed by atoms with E-state index in [0.717, 1.165) is 70.0 Å². The van der Waals surface area contributed by atoms with Crippen LogP contribution in [0.2, 0.25) is 0 Å². The first-order valence-electron chi connectivity index (χ1n) is 13.1. The summed E-state index contributed by atoms with van der Waals surface area (Å²) in [5.41, 5.74) is 3.50. The first-order valence-corrected chi connectivity index (χ1v) is 13.1. The molecule has 2 heterocycles. The molecule has 35 heavy (non-hydrogen) atoms. The van der Waals surface area contributed by atoms with Crippen LogP contribution in [0.4, 0.5) is 10.5 Å². The Kier molecular flexibility index (Phi) is 6.78. The number of rotatable bonds is 5. The summed E-state index contributed by atoms with van der Waals surface area (Å²) < 4.78 is 5.38. The Labute approximate surface area is 207 Å². The van der Waals surface area contributed by atoms with Crippen molar-refractivity contribution < 1.29 is 23.9 Å². The topological polar surface area (TPSA) is 79.7 Å². The molecule has 1 N–H and O–H groups in total. The lowest BCUT2D eigenvalue weighted by Crippen LogP contribution is -2.62. The van der Waals surface area contributed by atoms with Crippen molar-refractivity contribution in [1.29, 1.82) is 0 Å². The van der Waals surface area contributed by atoms with Crippen LogP contribution in [0.1, 0.15) is 68.5 Å². The van der Waals surface area contributed by atoms with E-state index in [1.54, 1.807) is 6.07 Å². The van der Waals surface area contributed by atoms with Gasteiger partial charge in [-0.2, -0.15) is 0 Å². The van der Waals surface area contributed by atoms with Crippen molar-refractivity contribution in [3.05, 3.63) is 53.9 Å². The first-order chi connectivity index (χ1) is 17.0. The van der Waals surface area contributed by atoms with Gasteiger partial charge < -0.3 is 14.7 Å². The molecule has 5 rings (SSSR count). The molecule has 3 aliphatic rings. The summed E-state index contributed by atoms with van der Waals surface area (Å²) in [6.07, 6.45) is 11.6. The van der Waals surface area contributed by atoms with Crippen LogP contribution in [0.5, 0.6) is 5.75 Å². The maximum absolute atomic E-state index is 14.3. The second-order valence-electron chi connectivity index (χ2n) is 10.5. The van der Waals surface area contributed by atoms with Crippen molar-refractivity contribution in [2.45, 2.75) is 69.9 Å². The molecule has 186 valence electrons. The second kappa shape index (κ2) is 9.97. The second-order valence-corrected chi connectivity index (χ2v) is 10.5. The van der Waals surface area contributed by atoms with E-state index in [1.165, 1.54) is 17.7 Å². The number of aromatic nitrogens is 1. The third kappa shape index (κ3) is 4.66. The summed E-state index contributed by atoms with van der Waals surface area (Å²) in [5, 5.41) is 9.01. The highest BCUT2D eigenvalue weighted by Gasteiger charge is 2.52. The number of aryl methyl sites for hydroxylation is 1. The average molecular weight is 479 g/mol. The standard InChI is InChI=1S/C28H35N3O4/c1-31(27(32)20-5-3-2-4-6-20,23-13-17-30(18-14-23)22-11-15-29-16-12-22)26-10-7-21-19-24(35-28(33)34)8-9-25(21)26/h8-9,11-12,15-16,19-20,23,26H,2-7,10,13-14,17-18H2,1H3/p+1. The predicted octanol–water partition coefficient (Wildman–Crippen LogP) is 5.35. The number of hydrogen-bond acceptors (Lipinski definition) is 5. The zero-order valence-corrected chi connectivity index (χ0v) is 20.6. The van der Waals surface area contributed by atoms with E-state index in [9.17, 15) is 9.59 Å². The number of piperidine rings is 1. The molecule has 2 unspecified atom stereocenters. The van der Waals surface area contributed by atoms with Crippen molar-refractivity contribution >= 4 is 17.7 Å². The zero-order chi connectivity index (χ0) is 24.4. The van der Waals surface area contributed by atoms with E-state index < -0.39 is 6.16 Å². The molecular formula is C28H36N3O4+. The number of carbonyl (C=O) groups is 2. The van der Waals surface area contributed by atoms with Gasteiger partial charge in [-0.05, 0) is 55.2 Å². The Hall–Kier alpha value is -2.93. The summed E-state index contributed by atoms with van der Waals surface area (Å²) in [7, 11) is 2.20. The SMILES string of the molecule is C[N+](C(=O)C1CCCCC1)(C1CCN(c2ccncc2)CC1)C1CCc2cc(OC(=O)O)ccc21. The quantitative estimate of drug-likeness (QED) is 0.355.